The number of piperidine rings is 1. The fourth-order valence-electron chi connectivity index (χ4n) is 2.75. The summed E-state index contributed by atoms with van der Waals surface area (Å²) in [5, 5.41) is 3.35. The molecular formula is C17H27N3O. The lowest BCUT2D eigenvalue weighted by Crippen LogP contribution is -2.48. The third kappa shape index (κ3) is 4.21. The Morgan fingerprint density at radius 1 is 1.24 bits per heavy atom. The molecule has 2 rings (SSSR count). The maximum atomic E-state index is 12.6. The zero-order chi connectivity index (χ0) is 15.2. The van der Waals surface area contributed by atoms with Gasteiger partial charge in [0, 0.05) is 32.9 Å². The van der Waals surface area contributed by atoms with Crippen LogP contribution in [0.3, 0.4) is 0 Å². The van der Waals surface area contributed by atoms with Crippen LogP contribution in [-0.2, 0) is 11.3 Å². The van der Waals surface area contributed by atoms with Gasteiger partial charge in [-0.3, -0.25) is 4.79 Å². The number of benzene rings is 1. The van der Waals surface area contributed by atoms with Crippen molar-refractivity contribution in [1.82, 2.24) is 10.2 Å². The van der Waals surface area contributed by atoms with Crippen LogP contribution in [0.2, 0.25) is 0 Å². The van der Waals surface area contributed by atoms with Crippen LogP contribution in [0.1, 0.15) is 31.7 Å². The highest BCUT2D eigenvalue weighted by atomic mass is 16.2. The Kier molecular flexibility index (Phi) is 5.62. The van der Waals surface area contributed by atoms with E-state index >= 15 is 0 Å². The van der Waals surface area contributed by atoms with Crippen LogP contribution in [0.4, 0.5) is 5.69 Å². The number of nitrogens with one attached hydrogen (secondary N) is 1. The normalized spacial score (nSPS) is 18.3. The lowest BCUT2D eigenvalue weighted by molar-refractivity contribution is -0.134. The quantitative estimate of drug-likeness (QED) is 0.903. The second-order valence-corrected chi connectivity index (χ2v) is 5.92. The van der Waals surface area contributed by atoms with Gasteiger partial charge in [0.25, 0.3) is 0 Å². The van der Waals surface area contributed by atoms with E-state index in [0.717, 1.165) is 25.9 Å². The summed E-state index contributed by atoms with van der Waals surface area (Å²) in [5.41, 5.74) is 2.37. The van der Waals surface area contributed by atoms with Crippen molar-refractivity contribution in [3.8, 4) is 0 Å². The molecule has 1 fully saturated rings. The third-order valence-corrected chi connectivity index (χ3v) is 4.13. The summed E-state index contributed by atoms with van der Waals surface area (Å²) in [5.74, 6) is 0.244. The molecule has 1 aliphatic rings. The van der Waals surface area contributed by atoms with Gasteiger partial charge in [-0.05, 0) is 44.0 Å². The van der Waals surface area contributed by atoms with Crippen LogP contribution in [0.15, 0.2) is 24.3 Å². The van der Waals surface area contributed by atoms with Crippen LogP contribution >= 0.6 is 0 Å². The van der Waals surface area contributed by atoms with Crippen LogP contribution in [0.25, 0.3) is 0 Å². The molecule has 0 radical (unpaired) electrons. The standard InChI is InChI=1S/C17H27N3O/c1-4-20(17(21)16-7-5-6-12-18-16)13-14-8-10-15(11-9-14)19(2)3/h8-11,16,18H,4-7,12-13H2,1-3H3/t16-/m0/s1. The number of anilines is 1. The summed E-state index contributed by atoms with van der Waals surface area (Å²) in [4.78, 5) is 16.6. The van der Waals surface area contributed by atoms with Crippen LogP contribution in [0, 0.1) is 0 Å². The summed E-state index contributed by atoms with van der Waals surface area (Å²) in [6.45, 7) is 4.47. The Hall–Kier alpha value is -1.55. The predicted molar refractivity (Wildman–Crippen MR) is 87.5 cm³/mol. The van der Waals surface area contributed by atoms with E-state index < -0.39 is 0 Å². The predicted octanol–water partition coefficient (Wildman–Crippen LogP) is 2.24. The lowest BCUT2D eigenvalue weighted by Gasteiger charge is -2.29. The summed E-state index contributed by atoms with van der Waals surface area (Å²) >= 11 is 0. The van der Waals surface area contributed by atoms with Gasteiger partial charge in [0.15, 0.2) is 0 Å². The zero-order valence-corrected chi connectivity index (χ0v) is 13.4. The molecule has 0 unspecified atom stereocenters. The first-order valence-electron chi connectivity index (χ1n) is 7.90. The number of likely N-dealkylation sites (N-methyl/N-ethyl adjacent to an activating group) is 1. The Labute approximate surface area is 128 Å². The smallest absolute Gasteiger partial charge is 0.239 e. The molecule has 0 saturated carbocycles. The molecule has 4 nitrogen and oxygen atoms in total. The van der Waals surface area contributed by atoms with E-state index in [1.807, 2.05) is 19.0 Å². The highest BCUT2D eigenvalue weighted by Gasteiger charge is 2.24. The number of amides is 1. The molecule has 4 heteroatoms. The van der Waals surface area contributed by atoms with Crippen molar-refractivity contribution >= 4 is 11.6 Å². The first kappa shape index (κ1) is 15.8. The number of hydrogen-bond acceptors (Lipinski definition) is 3. The highest BCUT2D eigenvalue weighted by Crippen LogP contribution is 2.15. The average Bonchev–Trinajstić information content (AvgIpc) is 2.53. The van der Waals surface area contributed by atoms with Gasteiger partial charge in [0.1, 0.15) is 0 Å². The van der Waals surface area contributed by atoms with Crippen LogP contribution in [-0.4, -0.2) is 44.0 Å². The number of carbonyl (C=O) groups is 1. The third-order valence-electron chi connectivity index (χ3n) is 4.13. The maximum absolute atomic E-state index is 12.6. The van der Waals surface area contributed by atoms with Gasteiger partial charge in [-0.15, -0.1) is 0 Å². The minimum atomic E-state index is 0.0137. The van der Waals surface area contributed by atoms with Gasteiger partial charge in [-0.1, -0.05) is 18.6 Å². The molecule has 1 heterocycles. The highest BCUT2D eigenvalue weighted by molar-refractivity contribution is 5.82. The van der Waals surface area contributed by atoms with Crippen molar-refractivity contribution in [1.29, 1.82) is 0 Å². The molecule has 1 atom stereocenters. The van der Waals surface area contributed by atoms with Gasteiger partial charge >= 0.3 is 0 Å². The zero-order valence-electron chi connectivity index (χ0n) is 13.4. The molecule has 0 aromatic heterocycles. The topological polar surface area (TPSA) is 35.6 Å². The van der Waals surface area contributed by atoms with Gasteiger partial charge in [0.2, 0.25) is 5.91 Å². The molecule has 1 aromatic carbocycles. The summed E-state index contributed by atoms with van der Waals surface area (Å²) in [6.07, 6.45) is 3.30. The second kappa shape index (κ2) is 7.46. The number of carbonyl (C=O) groups excluding carboxylic acids is 1. The van der Waals surface area contributed by atoms with Crippen molar-refractivity contribution in [3.05, 3.63) is 29.8 Å². The van der Waals surface area contributed by atoms with E-state index in [4.69, 9.17) is 0 Å². The molecule has 1 amide bonds. The maximum Gasteiger partial charge on any atom is 0.239 e. The molecule has 116 valence electrons. The van der Waals surface area contributed by atoms with Crippen molar-refractivity contribution in [2.45, 2.75) is 38.8 Å². The van der Waals surface area contributed by atoms with Gasteiger partial charge < -0.3 is 15.1 Å². The van der Waals surface area contributed by atoms with E-state index in [2.05, 4.69) is 41.4 Å². The summed E-state index contributed by atoms with van der Waals surface area (Å²) in [6, 6.07) is 8.44. The molecule has 1 N–H and O–H groups in total. The first-order valence-corrected chi connectivity index (χ1v) is 7.90. The molecule has 1 aromatic rings. The van der Waals surface area contributed by atoms with Crippen molar-refractivity contribution in [2.24, 2.45) is 0 Å². The second-order valence-electron chi connectivity index (χ2n) is 5.92. The van der Waals surface area contributed by atoms with Crippen LogP contribution in [0.5, 0.6) is 0 Å². The summed E-state index contributed by atoms with van der Waals surface area (Å²) < 4.78 is 0. The lowest BCUT2D eigenvalue weighted by atomic mass is 10.0. The molecule has 21 heavy (non-hydrogen) atoms. The Balaban J connectivity index is 1.99. The van der Waals surface area contributed by atoms with E-state index in [1.54, 1.807) is 0 Å². The molecule has 1 saturated heterocycles. The summed E-state index contributed by atoms with van der Waals surface area (Å²) in [7, 11) is 4.07. The first-order chi connectivity index (χ1) is 10.1. The van der Waals surface area contributed by atoms with Gasteiger partial charge in [-0.2, -0.15) is 0 Å². The Morgan fingerprint density at radius 3 is 2.48 bits per heavy atom. The fraction of sp³-hybridized carbons (Fsp3) is 0.588. The van der Waals surface area contributed by atoms with Gasteiger partial charge in [-0.25, -0.2) is 0 Å². The molecule has 0 aliphatic carbocycles. The van der Waals surface area contributed by atoms with Crippen molar-refractivity contribution in [2.75, 3.05) is 32.1 Å². The fourth-order valence-corrected chi connectivity index (χ4v) is 2.75. The van der Waals surface area contributed by atoms with Gasteiger partial charge in [0.05, 0.1) is 6.04 Å². The van der Waals surface area contributed by atoms with E-state index in [0.29, 0.717) is 6.54 Å². The number of rotatable bonds is 5. The number of nitrogens with zero attached hydrogens (tertiary/aromatic N) is 2. The monoisotopic (exact) mass is 289 g/mol. The molecular weight excluding hydrogens is 262 g/mol. The van der Waals surface area contributed by atoms with E-state index in [9.17, 15) is 4.79 Å². The van der Waals surface area contributed by atoms with E-state index in [-0.39, 0.29) is 11.9 Å². The van der Waals surface area contributed by atoms with Crippen molar-refractivity contribution < 1.29 is 4.79 Å². The SMILES string of the molecule is CCN(Cc1ccc(N(C)C)cc1)C(=O)[C@@H]1CCCCN1. The molecule has 0 spiro atoms. The molecule has 0 bridgehead atoms. The number of hydrogen-bond donors (Lipinski definition) is 1. The minimum absolute atomic E-state index is 0.0137. The minimum Gasteiger partial charge on any atom is -0.378 e. The Morgan fingerprint density at radius 2 is 1.95 bits per heavy atom. The largest absolute Gasteiger partial charge is 0.378 e. The van der Waals surface area contributed by atoms with E-state index in [1.165, 1.54) is 17.7 Å². The van der Waals surface area contributed by atoms with Crippen molar-refractivity contribution in [3.63, 3.8) is 0 Å². The average molecular weight is 289 g/mol. The Bertz CT molecular complexity index is 450. The molecule has 1 aliphatic heterocycles. The van der Waals surface area contributed by atoms with Crippen LogP contribution < -0.4 is 10.2 Å².